The Bertz CT molecular complexity index is 649. The zero-order valence-corrected chi connectivity index (χ0v) is 12.8. The highest BCUT2D eigenvalue weighted by Gasteiger charge is 2.29. The van der Waals surface area contributed by atoms with Crippen molar-refractivity contribution in [2.45, 2.75) is 31.3 Å². The van der Waals surface area contributed by atoms with E-state index in [2.05, 4.69) is 15.5 Å². The molecule has 1 aromatic heterocycles. The number of hydrogen-bond acceptors (Lipinski definition) is 5. The van der Waals surface area contributed by atoms with Gasteiger partial charge in [-0.25, -0.2) is 4.79 Å². The highest BCUT2D eigenvalue weighted by molar-refractivity contribution is 5.77. The van der Waals surface area contributed by atoms with Crippen LogP contribution in [0, 0.1) is 0 Å². The first-order valence-corrected chi connectivity index (χ1v) is 7.45. The maximum Gasteiger partial charge on any atom is 0.327 e. The maximum absolute atomic E-state index is 12.0. The number of aromatic nitrogens is 3. The van der Waals surface area contributed by atoms with Crippen molar-refractivity contribution in [3.8, 4) is 0 Å². The molecule has 0 aliphatic heterocycles. The van der Waals surface area contributed by atoms with Gasteiger partial charge in [-0.3, -0.25) is 5.32 Å². The van der Waals surface area contributed by atoms with Gasteiger partial charge in [0.25, 0.3) is 0 Å². The van der Waals surface area contributed by atoms with Crippen molar-refractivity contribution in [2.75, 3.05) is 7.11 Å². The van der Waals surface area contributed by atoms with Gasteiger partial charge in [-0.1, -0.05) is 30.3 Å². The Morgan fingerprint density at radius 2 is 2.09 bits per heavy atom. The molecule has 22 heavy (non-hydrogen) atoms. The Morgan fingerprint density at radius 3 is 2.73 bits per heavy atom. The maximum atomic E-state index is 12.0. The Kier molecular flexibility index (Phi) is 4.20. The third kappa shape index (κ3) is 3.01. The van der Waals surface area contributed by atoms with Crippen LogP contribution in [-0.4, -0.2) is 27.8 Å². The molecule has 0 amide bonds. The molecule has 1 unspecified atom stereocenters. The fraction of sp³-hybridized carbons (Fsp3) is 0.438. The minimum Gasteiger partial charge on any atom is -0.468 e. The Morgan fingerprint density at radius 1 is 1.36 bits per heavy atom. The average molecular weight is 300 g/mol. The van der Waals surface area contributed by atoms with E-state index in [0.29, 0.717) is 12.5 Å². The molecule has 0 radical (unpaired) electrons. The second-order valence-corrected chi connectivity index (χ2v) is 5.56. The van der Waals surface area contributed by atoms with Gasteiger partial charge in [-0.15, -0.1) is 10.2 Å². The van der Waals surface area contributed by atoms with E-state index in [0.717, 1.165) is 17.2 Å². The quantitative estimate of drug-likeness (QED) is 0.822. The number of carbonyl (C=O) groups is 1. The molecular weight excluding hydrogens is 280 g/mol. The third-order valence-corrected chi connectivity index (χ3v) is 3.98. The monoisotopic (exact) mass is 300 g/mol. The third-order valence-electron chi connectivity index (χ3n) is 3.98. The molecule has 1 aliphatic carbocycles. The van der Waals surface area contributed by atoms with E-state index in [-0.39, 0.29) is 5.97 Å². The van der Waals surface area contributed by atoms with Gasteiger partial charge in [0.1, 0.15) is 17.7 Å². The van der Waals surface area contributed by atoms with Crippen LogP contribution in [0.25, 0.3) is 0 Å². The Balaban J connectivity index is 1.73. The first kappa shape index (κ1) is 14.7. The van der Waals surface area contributed by atoms with Gasteiger partial charge in [-0.05, 0) is 18.4 Å². The molecule has 6 nitrogen and oxygen atoms in total. The number of rotatable bonds is 6. The van der Waals surface area contributed by atoms with E-state index in [1.54, 1.807) is 0 Å². The molecular formula is C16H20N4O2. The molecule has 1 aliphatic rings. The summed E-state index contributed by atoms with van der Waals surface area (Å²) in [5, 5.41) is 11.7. The van der Waals surface area contributed by atoms with Crippen molar-refractivity contribution >= 4 is 5.97 Å². The molecule has 0 spiro atoms. The molecule has 6 heteroatoms. The van der Waals surface area contributed by atoms with Crippen LogP contribution < -0.4 is 5.32 Å². The summed E-state index contributed by atoms with van der Waals surface area (Å²) in [4.78, 5) is 12.0. The molecule has 2 aromatic rings. The number of nitrogens with zero attached hydrogens (tertiary/aromatic N) is 3. The van der Waals surface area contributed by atoms with Crippen molar-refractivity contribution in [3.63, 3.8) is 0 Å². The van der Waals surface area contributed by atoms with E-state index >= 15 is 0 Å². The minimum absolute atomic E-state index is 0.309. The Labute approximate surface area is 129 Å². The van der Waals surface area contributed by atoms with Crippen LogP contribution in [0.2, 0.25) is 0 Å². The topological polar surface area (TPSA) is 69.0 Å². The summed E-state index contributed by atoms with van der Waals surface area (Å²) in [6, 6.07) is 9.03. The van der Waals surface area contributed by atoms with Crippen LogP contribution in [0.3, 0.4) is 0 Å². The number of esters is 1. The van der Waals surface area contributed by atoms with Crippen molar-refractivity contribution < 1.29 is 9.53 Å². The van der Waals surface area contributed by atoms with Crippen molar-refractivity contribution in [1.29, 1.82) is 0 Å². The average Bonchev–Trinajstić information content (AvgIpc) is 3.33. The predicted octanol–water partition coefficient (Wildman–Crippen LogP) is 1.70. The number of methoxy groups -OCH3 is 1. The number of hydrogen-bond donors (Lipinski definition) is 1. The molecule has 1 aromatic carbocycles. The van der Waals surface area contributed by atoms with Gasteiger partial charge >= 0.3 is 5.97 Å². The predicted molar refractivity (Wildman–Crippen MR) is 81.0 cm³/mol. The van der Waals surface area contributed by atoms with Crippen LogP contribution >= 0.6 is 0 Å². The standard InChI is InChI=1S/C16H20N4O2/c1-20-13(18-19-15(20)12-8-9-12)10-17-14(16(21)22-2)11-6-4-3-5-7-11/h3-7,12,14,17H,8-10H2,1-2H3. The zero-order chi connectivity index (χ0) is 15.5. The summed E-state index contributed by atoms with van der Waals surface area (Å²) in [5.41, 5.74) is 0.874. The van der Waals surface area contributed by atoms with E-state index in [1.807, 2.05) is 41.9 Å². The molecule has 1 N–H and O–H groups in total. The summed E-state index contributed by atoms with van der Waals surface area (Å²) in [7, 11) is 3.37. The summed E-state index contributed by atoms with van der Waals surface area (Å²) >= 11 is 0. The van der Waals surface area contributed by atoms with E-state index in [4.69, 9.17) is 4.74 Å². The van der Waals surface area contributed by atoms with Crippen LogP contribution in [0.5, 0.6) is 0 Å². The second-order valence-electron chi connectivity index (χ2n) is 5.56. The second kappa shape index (κ2) is 6.27. The number of benzene rings is 1. The number of carbonyl (C=O) groups excluding carboxylic acids is 1. The van der Waals surface area contributed by atoms with Gasteiger partial charge in [-0.2, -0.15) is 0 Å². The van der Waals surface area contributed by atoms with Gasteiger partial charge in [0.15, 0.2) is 0 Å². The summed E-state index contributed by atoms with van der Waals surface area (Å²) in [6.07, 6.45) is 2.38. The van der Waals surface area contributed by atoms with Gasteiger partial charge in [0, 0.05) is 13.0 Å². The molecule has 0 bridgehead atoms. The molecule has 3 rings (SSSR count). The first-order chi connectivity index (χ1) is 10.7. The molecule has 0 saturated heterocycles. The normalized spacial score (nSPS) is 15.5. The van der Waals surface area contributed by atoms with Gasteiger partial charge in [0.2, 0.25) is 0 Å². The number of ether oxygens (including phenoxy) is 1. The van der Waals surface area contributed by atoms with Crippen molar-refractivity contribution in [1.82, 2.24) is 20.1 Å². The van der Waals surface area contributed by atoms with Crippen LogP contribution in [0.15, 0.2) is 30.3 Å². The van der Waals surface area contributed by atoms with Gasteiger partial charge in [0.05, 0.1) is 13.7 Å². The molecule has 1 saturated carbocycles. The molecule has 1 heterocycles. The molecule has 1 atom stereocenters. The molecule has 1 fully saturated rings. The van der Waals surface area contributed by atoms with E-state index in [9.17, 15) is 4.79 Å². The zero-order valence-electron chi connectivity index (χ0n) is 12.8. The largest absolute Gasteiger partial charge is 0.468 e. The minimum atomic E-state index is -0.507. The fourth-order valence-corrected chi connectivity index (χ4v) is 2.52. The summed E-state index contributed by atoms with van der Waals surface area (Å²) < 4.78 is 6.91. The van der Waals surface area contributed by atoms with E-state index in [1.165, 1.54) is 20.0 Å². The first-order valence-electron chi connectivity index (χ1n) is 7.45. The Hall–Kier alpha value is -2.21. The highest BCUT2D eigenvalue weighted by atomic mass is 16.5. The van der Waals surface area contributed by atoms with Crippen LogP contribution in [-0.2, 0) is 23.1 Å². The molecule has 116 valence electrons. The lowest BCUT2D eigenvalue weighted by molar-refractivity contribution is -0.143. The fourth-order valence-electron chi connectivity index (χ4n) is 2.52. The van der Waals surface area contributed by atoms with E-state index < -0.39 is 6.04 Å². The smallest absolute Gasteiger partial charge is 0.327 e. The lowest BCUT2D eigenvalue weighted by atomic mass is 10.1. The lowest BCUT2D eigenvalue weighted by Crippen LogP contribution is -2.30. The van der Waals surface area contributed by atoms with Crippen molar-refractivity contribution in [2.24, 2.45) is 7.05 Å². The lowest BCUT2D eigenvalue weighted by Gasteiger charge is -2.16. The summed E-state index contributed by atoms with van der Waals surface area (Å²) in [5.74, 6) is 2.10. The number of nitrogens with one attached hydrogen (secondary N) is 1. The van der Waals surface area contributed by atoms with Crippen molar-refractivity contribution in [3.05, 3.63) is 47.5 Å². The SMILES string of the molecule is COC(=O)C(NCc1nnc(C2CC2)n1C)c1ccccc1. The van der Waals surface area contributed by atoms with Gasteiger partial charge < -0.3 is 9.30 Å². The highest BCUT2D eigenvalue weighted by Crippen LogP contribution is 2.38. The summed E-state index contributed by atoms with van der Waals surface area (Å²) in [6.45, 7) is 0.463. The van der Waals surface area contributed by atoms with Crippen LogP contribution in [0.1, 0.15) is 42.0 Å². The van der Waals surface area contributed by atoms with Crippen LogP contribution in [0.4, 0.5) is 0 Å².